The molecule has 0 saturated carbocycles. The van der Waals surface area contributed by atoms with Gasteiger partial charge in [-0.2, -0.15) is 0 Å². The van der Waals surface area contributed by atoms with Crippen molar-refractivity contribution in [2.45, 2.75) is 13.2 Å². The van der Waals surface area contributed by atoms with Crippen LogP contribution in [-0.4, -0.2) is 0 Å². The van der Waals surface area contributed by atoms with Crippen molar-refractivity contribution in [1.82, 2.24) is 0 Å². The van der Waals surface area contributed by atoms with Crippen molar-refractivity contribution in [3.8, 4) is 5.75 Å². The molecule has 0 amide bonds. The van der Waals surface area contributed by atoms with Crippen molar-refractivity contribution in [3.63, 3.8) is 0 Å². The van der Waals surface area contributed by atoms with E-state index in [-0.39, 0.29) is 0 Å². The zero-order chi connectivity index (χ0) is 16.8. The van der Waals surface area contributed by atoms with Crippen molar-refractivity contribution in [2.24, 2.45) is 0 Å². The molecule has 0 bridgehead atoms. The maximum absolute atomic E-state index is 5.95. The second-order valence-electron chi connectivity index (χ2n) is 5.40. The van der Waals surface area contributed by atoms with Crippen LogP contribution in [0.3, 0.4) is 0 Å². The molecule has 0 fully saturated rings. The summed E-state index contributed by atoms with van der Waals surface area (Å²) in [6, 6.07) is 24.0. The summed E-state index contributed by atoms with van der Waals surface area (Å²) in [7, 11) is 0. The predicted molar refractivity (Wildman–Crippen MR) is 104 cm³/mol. The average molecular weight is 403 g/mol. The molecule has 0 aliphatic carbocycles. The molecule has 0 aliphatic heterocycles. The minimum Gasteiger partial charge on any atom is -0.489 e. The lowest BCUT2D eigenvalue weighted by molar-refractivity contribution is 0.306. The third kappa shape index (κ3) is 4.76. The highest BCUT2D eigenvalue weighted by Crippen LogP contribution is 2.26. The summed E-state index contributed by atoms with van der Waals surface area (Å²) < 4.78 is 6.76. The molecule has 0 aromatic heterocycles. The Morgan fingerprint density at radius 1 is 0.875 bits per heavy atom. The van der Waals surface area contributed by atoms with Gasteiger partial charge in [-0.1, -0.05) is 54.1 Å². The van der Waals surface area contributed by atoms with Gasteiger partial charge in [0, 0.05) is 21.7 Å². The van der Waals surface area contributed by atoms with E-state index in [1.54, 1.807) is 0 Å². The number of hydrogen-bond acceptors (Lipinski definition) is 2. The van der Waals surface area contributed by atoms with Gasteiger partial charge in [0.1, 0.15) is 12.4 Å². The van der Waals surface area contributed by atoms with E-state index in [9.17, 15) is 0 Å². The van der Waals surface area contributed by atoms with Gasteiger partial charge in [-0.05, 0) is 57.4 Å². The number of rotatable bonds is 6. The molecule has 24 heavy (non-hydrogen) atoms. The fraction of sp³-hybridized carbons (Fsp3) is 0.100. The zero-order valence-electron chi connectivity index (χ0n) is 13.0. The topological polar surface area (TPSA) is 21.3 Å². The van der Waals surface area contributed by atoms with Gasteiger partial charge in [-0.3, -0.25) is 0 Å². The molecule has 2 nitrogen and oxygen atoms in total. The Kier molecular flexibility index (Phi) is 5.78. The maximum Gasteiger partial charge on any atom is 0.119 e. The molecule has 0 spiro atoms. The van der Waals surface area contributed by atoms with Gasteiger partial charge in [-0.15, -0.1) is 0 Å². The Morgan fingerprint density at radius 2 is 1.62 bits per heavy atom. The minimum atomic E-state index is 0.580. The molecular weight excluding hydrogens is 386 g/mol. The number of nitrogens with one attached hydrogen (secondary N) is 1. The first-order valence-corrected chi connectivity index (χ1v) is 8.82. The standard InChI is InChI=1S/C20H17BrClNO/c21-19-12-17(22)8-11-20(19)23-13-15-6-9-18(10-7-15)24-14-16-4-2-1-3-5-16/h1-12,23H,13-14H2. The summed E-state index contributed by atoms with van der Waals surface area (Å²) in [4.78, 5) is 0. The molecule has 4 heteroatoms. The summed E-state index contributed by atoms with van der Waals surface area (Å²) in [5.74, 6) is 0.871. The average Bonchev–Trinajstić information content (AvgIpc) is 2.61. The van der Waals surface area contributed by atoms with Crippen molar-refractivity contribution < 1.29 is 4.74 Å². The first-order valence-electron chi connectivity index (χ1n) is 7.65. The van der Waals surface area contributed by atoms with Gasteiger partial charge in [0.25, 0.3) is 0 Å². The predicted octanol–water partition coefficient (Wildman–Crippen LogP) is 6.29. The second kappa shape index (κ2) is 8.22. The van der Waals surface area contributed by atoms with Crippen LogP contribution < -0.4 is 10.1 Å². The first-order chi connectivity index (χ1) is 11.7. The lowest BCUT2D eigenvalue weighted by Gasteiger charge is -2.10. The lowest BCUT2D eigenvalue weighted by Crippen LogP contribution is -2.00. The van der Waals surface area contributed by atoms with E-state index < -0.39 is 0 Å². The summed E-state index contributed by atoms with van der Waals surface area (Å²) in [6.07, 6.45) is 0. The van der Waals surface area contributed by atoms with Crippen LogP contribution in [0.15, 0.2) is 77.3 Å². The molecule has 3 rings (SSSR count). The van der Waals surface area contributed by atoms with Crippen molar-refractivity contribution >= 4 is 33.2 Å². The highest BCUT2D eigenvalue weighted by atomic mass is 79.9. The van der Waals surface area contributed by atoms with E-state index in [2.05, 4.69) is 45.5 Å². The van der Waals surface area contributed by atoms with Crippen LogP contribution in [0.25, 0.3) is 0 Å². The SMILES string of the molecule is Clc1ccc(NCc2ccc(OCc3ccccc3)cc2)c(Br)c1. The number of ether oxygens (including phenoxy) is 1. The van der Waals surface area contributed by atoms with E-state index in [0.29, 0.717) is 11.6 Å². The Balaban J connectivity index is 1.54. The van der Waals surface area contributed by atoms with Gasteiger partial charge in [-0.25, -0.2) is 0 Å². The molecular formula is C20H17BrClNO. The van der Waals surface area contributed by atoms with Crippen molar-refractivity contribution in [2.75, 3.05) is 5.32 Å². The fourth-order valence-corrected chi connectivity index (χ4v) is 3.10. The first kappa shape index (κ1) is 16.9. The molecule has 1 N–H and O–H groups in total. The highest BCUT2D eigenvalue weighted by Gasteiger charge is 2.01. The van der Waals surface area contributed by atoms with Crippen molar-refractivity contribution in [1.29, 1.82) is 0 Å². The lowest BCUT2D eigenvalue weighted by atomic mass is 10.2. The fourth-order valence-electron chi connectivity index (χ4n) is 2.27. The number of anilines is 1. The number of hydrogen-bond donors (Lipinski definition) is 1. The maximum atomic E-state index is 5.95. The van der Waals surface area contributed by atoms with Crippen LogP contribution in [0, 0.1) is 0 Å². The van der Waals surface area contributed by atoms with Crippen LogP contribution in [0.1, 0.15) is 11.1 Å². The zero-order valence-corrected chi connectivity index (χ0v) is 15.3. The summed E-state index contributed by atoms with van der Waals surface area (Å²) in [5.41, 5.74) is 3.36. The van der Waals surface area contributed by atoms with Crippen molar-refractivity contribution in [3.05, 3.63) is 93.4 Å². The number of halogens is 2. The highest BCUT2D eigenvalue weighted by molar-refractivity contribution is 9.10. The van der Waals surface area contributed by atoms with Crippen LogP contribution >= 0.6 is 27.5 Å². The Morgan fingerprint density at radius 3 is 2.33 bits per heavy atom. The Hall–Kier alpha value is -1.97. The summed E-state index contributed by atoms with van der Waals surface area (Å²) in [6.45, 7) is 1.31. The molecule has 3 aromatic carbocycles. The van der Waals surface area contributed by atoms with Crippen LogP contribution in [0.5, 0.6) is 5.75 Å². The van der Waals surface area contributed by atoms with Gasteiger partial charge < -0.3 is 10.1 Å². The molecule has 0 aliphatic rings. The van der Waals surface area contributed by atoms with E-state index >= 15 is 0 Å². The quantitative estimate of drug-likeness (QED) is 0.523. The van der Waals surface area contributed by atoms with Gasteiger partial charge in [0.2, 0.25) is 0 Å². The molecule has 122 valence electrons. The smallest absolute Gasteiger partial charge is 0.119 e. The largest absolute Gasteiger partial charge is 0.489 e. The molecule has 0 saturated heterocycles. The summed E-state index contributed by atoms with van der Waals surface area (Å²) >= 11 is 9.46. The van der Waals surface area contributed by atoms with E-state index in [0.717, 1.165) is 28.0 Å². The molecule has 0 radical (unpaired) electrons. The van der Waals surface area contributed by atoms with Gasteiger partial charge in [0.05, 0.1) is 0 Å². The molecule has 0 unspecified atom stereocenters. The minimum absolute atomic E-state index is 0.580. The normalized spacial score (nSPS) is 10.4. The monoisotopic (exact) mass is 401 g/mol. The number of benzene rings is 3. The van der Waals surface area contributed by atoms with Crippen LogP contribution in [-0.2, 0) is 13.2 Å². The van der Waals surface area contributed by atoms with Crippen LogP contribution in [0.4, 0.5) is 5.69 Å². The molecule has 3 aromatic rings. The molecule has 0 atom stereocenters. The van der Waals surface area contributed by atoms with Gasteiger partial charge in [0.15, 0.2) is 0 Å². The van der Waals surface area contributed by atoms with Gasteiger partial charge >= 0.3 is 0 Å². The van der Waals surface area contributed by atoms with E-state index in [4.69, 9.17) is 16.3 Å². The van der Waals surface area contributed by atoms with E-state index in [1.807, 2.05) is 48.5 Å². The molecule has 0 heterocycles. The Bertz CT molecular complexity index is 790. The summed E-state index contributed by atoms with van der Waals surface area (Å²) in [5, 5.41) is 4.10. The third-order valence-corrected chi connectivity index (χ3v) is 4.48. The van der Waals surface area contributed by atoms with E-state index in [1.165, 1.54) is 5.56 Å². The second-order valence-corrected chi connectivity index (χ2v) is 6.69. The third-order valence-electron chi connectivity index (χ3n) is 3.59. The Labute approximate surface area is 155 Å². The van der Waals surface area contributed by atoms with Crippen LogP contribution in [0.2, 0.25) is 5.02 Å².